The number of aryl methyl sites for hydroxylation is 1. The van der Waals surface area contributed by atoms with Crippen LogP contribution in [-0.2, 0) is 6.42 Å². The fourth-order valence-corrected chi connectivity index (χ4v) is 3.15. The Morgan fingerprint density at radius 2 is 2.09 bits per heavy atom. The van der Waals surface area contributed by atoms with E-state index in [1.165, 1.54) is 12.8 Å². The van der Waals surface area contributed by atoms with Crippen LogP contribution in [0.4, 0.5) is 0 Å². The molecule has 2 aromatic heterocycles. The summed E-state index contributed by atoms with van der Waals surface area (Å²) in [5, 5.41) is 0.902. The SMILES string of the molecule is O=c1c2c(Cl)cccc2nc(CCC2CC2)n1-c1cccnc1. The van der Waals surface area contributed by atoms with Gasteiger partial charge in [0.25, 0.3) is 5.56 Å². The molecule has 23 heavy (non-hydrogen) atoms. The lowest BCUT2D eigenvalue weighted by Crippen LogP contribution is -2.24. The highest BCUT2D eigenvalue weighted by Gasteiger charge is 2.22. The number of benzene rings is 1. The van der Waals surface area contributed by atoms with E-state index >= 15 is 0 Å². The van der Waals surface area contributed by atoms with Crippen molar-refractivity contribution in [2.75, 3.05) is 0 Å². The van der Waals surface area contributed by atoms with Crippen molar-refractivity contribution >= 4 is 22.5 Å². The van der Waals surface area contributed by atoms with Gasteiger partial charge in [-0.1, -0.05) is 30.5 Å². The topological polar surface area (TPSA) is 47.8 Å². The van der Waals surface area contributed by atoms with Crippen LogP contribution >= 0.6 is 11.6 Å². The molecule has 3 aromatic rings. The van der Waals surface area contributed by atoms with Crippen LogP contribution in [0.15, 0.2) is 47.5 Å². The summed E-state index contributed by atoms with van der Waals surface area (Å²) in [5.74, 6) is 1.56. The van der Waals surface area contributed by atoms with Gasteiger partial charge in [0, 0.05) is 12.6 Å². The lowest BCUT2D eigenvalue weighted by atomic mass is 10.2. The summed E-state index contributed by atoms with van der Waals surface area (Å²) < 4.78 is 1.66. The van der Waals surface area contributed by atoms with E-state index in [4.69, 9.17) is 16.6 Å². The van der Waals surface area contributed by atoms with Gasteiger partial charge in [-0.15, -0.1) is 0 Å². The maximum absolute atomic E-state index is 13.0. The zero-order valence-corrected chi connectivity index (χ0v) is 13.3. The second-order valence-electron chi connectivity index (χ2n) is 6.00. The highest BCUT2D eigenvalue weighted by molar-refractivity contribution is 6.35. The van der Waals surface area contributed by atoms with E-state index in [1.54, 1.807) is 23.0 Å². The molecule has 4 rings (SSSR count). The monoisotopic (exact) mass is 325 g/mol. The molecule has 1 saturated carbocycles. The van der Waals surface area contributed by atoms with Gasteiger partial charge in [0.1, 0.15) is 5.82 Å². The Bertz CT molecular complexity index is 917. The lowest BCUT2D eigenvalue weighted by Gasteiger charge is -2.13. The summed E-state index contributed by atoms with van der Waals surface area (Å²) in [5.41, 5.74) is 1.27. The van der Waals surface area contributed by atoms with Crippen LogP contribution in [0.5, 0.6) is 0 Å². The van der Waals surface area contributed by atoms with Gasteiger partial charge in [-0.05, 0) is 36.6 Å². The summed E-state index contributed by atoms with van der Waals surface area (Å²) in [6, 6.07) is 9.10. The van der Waals surface area contributed by atoms with Gasteiger partial charge >= 0.3 is 0 Å². The number of halogens is 1. The molecule has 116 valence electrons. The van der Waals surface area contributed by atoms with Crippen LogP contribution in [0.25, 0.3) is 16.6 Å². The molecule has 0 radical (unpaired) electrons. The van der Waals surface area contributed by atoms with Crippen molar-refractivity contribution in [3.63, 3.8) is 0 Å². The summed E-state index contributed by atoms with van der Waals surface area (Å²) in [6.07, 6.45) is 7.81. The average Bonchev–Trinajstić information content (AvgIpc) is 3.38. The third kappa shape index (κ3) is 2.75. The molecule has 5 heteroatoms. The second-order valence-corrected chi connectivity index (χ2v) is 6.40. The number of pyridine rings is 1. The van der Waals surface area contributed by atoms with Crippen molar-refractivity contribution in [2.24, 2.45) is 5.92 Å². The summed E-state index contributed by atoms with van der Waals surface area (Å²) in [7, 11) is 0. The molecule has 1 aliphatic carbocycles. The maximum atomic E-state index is 13.0. The van der Waals surface area contributed by atoms with Crippen LogP contribution in [-0.4, -0.2) is 14.5 Å². The van der Waals surface area contributed by atoms with Crippen molar-refractivity contribution in [2.45, 2.75) is 25.7 Å². The number of hydrogen-bond donors (Lipinski definition) is 0. The minimum atomic E-state index is -0.126. The number of fused-ring (bicyclic) bond motifs is 1. The Morgan fingerprint density at radius 1 is 1.22 bits per heavy atom. The van der Waals surface area contributed by atoms with Crippen molar-refractivity contribution in [3.05, 3.63) is 63.9 Å². The van der Waals surface area contributed by atoms with Gasteiger partial charge in [0.05, 0.1) is 27.8 Å². The first-order valence-electron chi connectivity index (χ1n) is 7.84. The third-order valence-electron chi connectivity index (χ3n) is 4.29. The van der Waals surface area contributed by atoms with E-state index in [2.05, 4.69) is 4.98 Å². The lowest BCUT2D eigenvalue weighted by molar-refractivity contribution is 0.676. The average molecular weight is 326 g/mol. The third-order valence-corrected chi connectivity index (χ3v) is 4.61. The maximum Gasteiger partial charge on any atom is 0.267 e. The van der Waals surface area contributed by atoms with Crippen LogP contribution in [0, 0.1) is 5.92 Å². The number of rotatable bonds is 4. The van der Waals surface area contributed by atoms with Crippen molar-refractivity contribution in [3.8, 4) is 5.69 Å². The molecule has 1 aromatic carbocycles. The summed E-state index contributed by atoms with van der Waals surface area (Å²) >= 11 is 6.24. The van der Waals surface area contributed by atoms with Gasteiger partial charge in [0.2, 0.25) is 0 Å². The Labute approximate surface area is 138 Å². The molecule has 0 saturated heterocycles. The van der Waals surface area contributed by atoms with Gasteiger partial charge < -0.3 is 0 Å². The fraction of sp³-hybridized carbons (Fsp3) is 0.278. The number of aromatic nitrogens is 3. The molecule has 0 atom stereocenters. The Hall–Kier alpha value is -2.20. The molecule has 2 heterocycles. The molecule has 0 aliphatic heterocycles. The minimum Gasteiger partial charge on any atom is -0.268 e. The molecule has 0 amide bonds. The normalized spacial score (nSPS) is 14.3. The smallest absolute Gasteiger partial charge is 0.267 e. The standard InChI is InChI=1S/C18H16ClN3O/c19-14-4-1-5-15-17(14)18(23)22(13-3-2-10-20-11-13)16(21-15)9-8-12-6-7-12/h1-5,10-12H,6-9H2. The summed E-state index contributed by atoms with van der Waals surface area (Å²) in [4.78, 5) is 21.9. The largest absolute Gasteiger partial charge is 0.268 e. The molecule has 1 aliphatic rings. The van der Waals surface area contributed by atoms with E-state index in [0.29, 0.717) is 15.9 Å². The second kappa shape index (κ2) is 5.78. The molecule has 0 spiro atoms. The molecule has 4 nitrogen and oxygen atoms in total. The molecule has 0 unspecified atom stereocenters. The van der Waals surface area contributed by atoms with E-state index in [1.807, 2.05) is 24.3 Å². The fourth-order valence-electron chi connectivity index (χ4n) is 2.90. The molecule has 0 N–H and O–H groups in total. The van der Waals surface area contributed by atoms with Crippen LogP contribution < -0.4 is 5.56 Å². The highest BCUT2D eigenvalue weighted by atomic mass is 35.5. The van der Waals surface area contributed by atoms with Crippen molar-refractivity contribution in [1.29, 1.82) is 0 Å². The van der Waals surface area contributed by atoms with Gasteiger partial charge in [-0.2, -0.15) is 0 Å². The molecular weight excluding hydrogens is 310 g/mol. The minimum absolute atomic E-state index is 0.126. The van der Waals surface area contributed by atoms with E-state index < -0.39 is 0 Å². The Kier molecular flexibility index (Phi) is 3.62. The zero-order chi connectivity index (χ0) is 15.8. The molecule has 1 fully saturated rings. The Balaban J connectivity index is 1.95. The molecular formula is C18H16ClN3O. The highest BCUT2D eigenvalue weighted by Crippen LogP contribution is 2.33. The van der Waals surface area contributed by atoms with Gasteiger partial charge in [-0.3, -0.25) is 14.3 Å². The van der Waals surface area contributed by atoms with Crippen LogP contribution in [0.2, 0.25) is 5.02 Å². The molecule has 0 bridgehead atoms. The number of hydrogen-bond acceptors (Lipinski definition) is 3. The Morgan fingerprint density at radius 3 is 2.83 bits per heavy atom. The quantitative estimate of drug-likeness (QED) is 0.733. The van der Waals surface area contributed by atoms with Crippen molar-refractivity contribution < 1.29 is 0 Å². The first-order valence-corrected chi connectivity index (χ1v) is 8.22. The van der Waals surface area contributed by atoms with Gasteiger partial charge in [0.15, 0.2) is 0 Å². The summed E-state index contributed by atoms with van der Waals surface area (Å²) in [6.45, 7) is 0. The van der Waals surface area contributed by atoms with E-state index in [-0.39, 0.29) is 5.56 Å². The van der Waals surface area contributed by atoms with Gasteiger partial charge in [-0.25, -0.2) is 4.98 Å². The van der Waals surface area contributed by atoms with E-state index in [0.717, 1.165) is 30.3 Å². The number of nitrogens with zero attached hydrogens (tertiary/aromatic N) is 3. The first-order chi connectivity index (χ1) is 11.2. The predicted octanol–water partition coefficient (Wildman–Crippen LogP) is 3.78. The first kappa shape index (κ1) is 14.4. The van der Waals surface area contributed by atoms with E-state index in [9.17, 15) is 4.79 Å². The zero-order valence-electron chi connectivity index (χ0n) is 12.6. The predicted molar refractivity (Wildman–Crippen MR) is 91.2 cm³/mol. The van der Waals surface area contributed by atoms with Crippen molar-refractivity contribution in [1.82, 2.24) is 14.5 Å². The van der Waals surface area contributed by atoms with Crippen LogP contribution in [0.3, 0.4) is 0 Å². The van der Waals surface area contributed by atoms with Crippen LogP contribution in [0.1, 0.15) is 25.1 Å².